The van der Waals surface area contributed by atoms with Crippen molar-refractivity contribution in [3.63, 3.8) is 0 Å². The first-order valence-electron chi connectivity index (χ1n) is 8.59. The largest absolute Gasteiger partial charge is 0.495 e. The average molecular weight is 402 g/mol. The van der Waals surface area contributed by atoms with E-state index >= 15 is 0 Å². The first-order valence-corrected chi connectivity index (χ1v) is 10.4. The molecule has 0 bridgehead atoms. The molecule has 0 aliphatic heterocycles. The Morgan fingerprint density at radius 1 is 1.23 bits per heavy atom. The predicted octanol–water partition coefficient (Wildman–Crippen LogP) is 2.73. The molecule has 0 radical (unpaired) electrons. The van der Waals surface area contributed by atoms with Crippen LogP contribution in [0.3, 0.4) is 0 Å². The molecule has 0 aromatic heterocycles. The van der Waals surface area contributed by atoms with E-state index in [1.807, 2.05) is 6.92 Å². The molecule has 146 valence electrons. The lowest BCUT2D eigenvalue weighted by Crippen LogP contribution is -2.34. The molecule has 9 heteroatoms. The molecule has 7 nitrogen and oxygen atoms in total. The van der Waals surface area contributed by atoms with E-state index in [9.17, 15) is 13.2 Å². The molecular formula is C17H27N3O4S2. The van der Waals surface area contributed by atoms with Gasteiger partial charge in [-0.05, 0) is 36.8 Å². The van der Waals surface area contributed by atoms with Crippen LogP contribution >= 0.6 is 12.2 Å². The summed E-state index contributed by atoms with van der Waals surface area (Å²) in [5, 5.41) is 5.53. The van der Waals surface area contributed by atoms with E-state index in [0.29, 0.717) is 30.9 Å². The number of carbonyl (C=O) groups is 1. The fourth-order valence-corrected chi connectivity index (χ4v) is 4.05. The van der Waals surface area contributed by atoms with Crippen LogP contribution in [0.15, 0.2) is 23.1 Å². The Morgan fingerprint density at radius 2 is 1.88 bits per heavy atom. The maximum Gasteiger partial charge on any atom is 0.243 e. The second kappa shape index (κ2) is 10.4. The van der Waals surface area contributed by atoms with Crippen LogP contribution in [0.4, 0.5) is 5.69 Å². The minimum atomic E-state index is -3.61. The third-order valence-electron chi connectivity index (χ3n) is 3.77. The summed E-state index contributed by atoms with van der Waals surface area (Å²) in [7, 11) is -2.14. The summed E-state index contributed by atoms with van der Waals surface area (Å²) in [4.78, 5) is 11.9. The highest BCUT2D eigenvalue weighted by Gasteiger charge is 2.23. The number of anilines is 1. The Kier molecular flexibility index (Phi) is 8.97. The number of thiocarbonyl (C=S) groups is 1. The van der Waals surface area contributed by atoms with Gasteiger partial charge >= 0.3 is 0 Å². The molecule has 0 atom stereocenters. The van der Waals surface area contributed by atoms with Gasteiger partial charge in [-0.3, -0.25) is 4.79 Å². The molecule has 1 aromatic carbocycles. The molecule has 1 aromatic rings. The van der Waals surface area contributed by atoms with Gasteiger partial charge in [-0.15, -0.1) is 0 Å². The number of nitrogens with zero attached hydrogens (tertiary/aromatic N) is 1. The Balaban J connectivity index is 3.04. The van der Waals surface area contributed by atoms with Crippen LogP contribution in [-0.4, -0.2) is 43.9 Å². The zero-order chi connectivity index (χ0) is 19.7. The van der Waals surface area contributed by atoms with Gasteiger partial charge in [0.15, 0.2) is 5.11 Å². The summed E-state index contributed by atoms with van der Waals surface area (Å²) in [5.41, 5.74) is 0.376. The number of amides is 1. The maximum absolute atomic E-state index is 12.7. The summed E-state index contributed by atoms with van der Waals surface area (Å²) in [6.07, 6.45) is 2.06. The van der Waals surface area contributed by atoms with Gasteiger partial charge in [0, 0.05) is 19.5 Å². The first kappa shape index (κ1) is 22.3. The Labute approximate surface area is 161 Å². The average Bonchev–Trinajstić information content (AvgIpc) is 2.60. The van der Waals surface area contributed by atoms with Gasteiger partial charge in [-0.2, -0.15) is 4.31 Å². The second-order valence-corrected chi connectivity index (χ2v) is 7.90. The standard InChI is InChI=1S/C17H27N3O4S2/c1-5-8-9-16(21)19-17(25)18-14-12-13(10-11-15(14)24-4)26(22,23)20(6-2)7-3/h10-12H,5-9H2,1-4H3,(H2,18,19,21,25). The van der Waals surface area contributed by atoms with Crippen LogP contribution < -0.4 is 15.4 Å². The molecule has 0 spiro atoms. The third kappa shape index (κ3) is 5.93. The number of carbonyl (C=O) groups excluding carboxylic acids is 1. The number of hydrogen-bond donors (Lipinski definition) is 2. The van der Waals surface area contributed by atoms with Crippen LogP contribution in [0.5, 0.6) is 5.75 Å². The molecule has 0 fully saturated rings. The molecule has 2 N–H and O–H groups in total. The van der Waals surface area contributed by atoms with Crippen molar-refractivity contribution in [1.82, 2.24) is 9.62 Å². The molecule has 1 rings (SSSR count). The van der Waals surface area contributed by atoms with Gasteiger partial charge in [0.05, 0.1) is 17.7 Å². The van der Waals surface area contributed by atoms with Gasteiger partial charge < -0.3 is 15.4 Å². The van der Waals surface area contributed by atoms with Gasteiger partial charge in [0.2, 0.25) is 15.9 Å². The Bertz CT molecular complexity index is 732. The van der Waals surface area contributed by atoms with Crippen LogP contribution in [0.2, 0.25) is 0 Å². The maximum atomic E-state index is 12.7. The van der Waals surface area contributed by atoms with Crippen LogP contribution in [0, 0.1) is 0 Å². The molecular weight excluding hydrogens is 374 g/mol. The molecule has 0 aliphatic rings. The van der Waals surface area contributed by atoms with Gasteiger partial charge in [-0.1, -0.05) is 27.2 Å². The quantitative estimate of drug-likeness (QED) is 0.619. The summed E-state index contributed by atoms with van der Waals surface area (Å²) in [6, 6.07) is 4.50. The Morgan fingerprint density at radius 3 is 2.42 bits per heavy atom. The third-order valence-corrected chi connectivity index (χ3v) is 6.02. The van der Waals surface area contributed by atoms with Crippen LogP contribution in [0.1, 0.15) is 40.0 Å². The number of ether oxygens (including phenoxy) is 1. The molecule has 0 saturated carbocycles. The lowest BCUT2D eigenvalue weighted by molar-refractivity contribution is -0.119. The van der Waals surface area contributed by atoms with Crippen molar-refractivity contribution in [2.45, 2.75) is 44.9 Å². The summed E-state index contributed by atoms with van der Waals surface area (Å²) in [6.45, 7) is 6.31. The number of benzene rings is 1. The Hall–Kier alpha value is -1.71. The van der Waals surface area contributed by atoms with Crippen molar-refractivity contribution in [2.75, 3.05) is 25.5 Å². The SMILES string of the molecule is CCCCC(=O)NC(=S)Nc1cc(S(=O)(=O)N(CC)CC)ccc1OC. The van der Waals surface area contributed by atoms with Crippen molar-refractivity contribution in [3.05, 3.63) is 18.2 Å². The molecule has 0 aliphatic carbocycles. The minimum absolute atomic E-state index is 0.0989. The van der Waals surface area contributed by atoms with Crippen molar-refractivity contribution >= 4 is 38.9 Å². The van der Waals surface area contributed by atoms with E-state index in [1.54, 1.807) is 19.9 Å². The highest BCUT2D eigenvalue weighted by atomic mass is 32.2. The highest BCUT2D eigenvalue weighted by Crippen LogP contribution is 2.28. The number of sulfonamides is 1. The number of hydrogen-bond acceptors (Lipinski definition) is 5. The van der Waals surface area contributed by atoms with E-state index in [2.05, 4.69) is 10.6 Å². The lowest BCUT2D eigenvalue weighted by atomic mass is 10.2. The number of nitrogens with one attached hydrogen (secondary N) is 2. The predicted molar refractivity (Wildman–Crippen MR) is 107 cm³/mol. The minimum Gasteiger partial charge on any atom is -0.495 e. The number of unbranched alkanes of at least 4 members (excludes halogenated alkanes) is 1. The summed E-state index contributed by atoms with van der Waals surface area (Å²) in [5.74, 6) is 0.240. The molecule has 26 heavy (non-hydrogen) atoms. The topological polar surface area (TPSA) is 87.7 Å². The molecule has 0 saturated heterocycles. The first-order chi connectivity index (χ1) is 12.3. The second-order valence-electron chi connectivity index (χ2n) is 5.56. The zero-order valence-corrected chi connectivity index (χ0v) is 17.3. The molecule has 1 amide bonds. The van der Waals surface area contributed by atoms with Crippen molar-refractivity contribution in [1.29, 1.82) is 0 Å². The van der Waals surface area contributed by atoms with Gasteiger partial charge in [0.1, 0.15) is 5.75 Å². The van der Waals surface area contributed by atoms with Crippen LogP contribution in [0.25, 0.3) is 0 Å². The van der Waals surface area contributed by atoms with E-state index in [1.165, 1.54) is 23.5 Å². The van der Waals surface area contributed by atoms with Crippen LogP contribution in [-0.2, 0) is 14.8 Å². The monoisotopic (exact) mass is 401 g/mol. The lowest BCUT2D eigenvalue weighted by Gasteiger charge is -2.20. The van der Waals surface area contributed by atoms with Crippen molar-refractivity contribution in [3.8, 4) is 5.75 Å². The van der Waals surface area contributed by atoms with E-state index in [0.717, 1.165) is 12.8 Å². The molecule has 0 unspecified atom stereocenters. The van der Waals surface area contributed by atoms with Crippen molar-refractivity contribution < 1.29 is 17.9 Å². The van der Waals surface area contributed by atoms with E-state index < -0.39 is 10.0 Å². The fourth-order valence-electron chi connectivity index (χ4n) is 2.34. The fraction of sp³-hybridized carbons (Fsp3) is 0.529. The van der Waals surface area contributed by atoms with Gasteiger partial charge in [0.25, 0.3) is 0 Å². The van der Waals surface area contributed by atoms with Gasteiger partial charge in [-0.25, -0.2) is 8.42 Å². The smallest absolute Gasteiger partial charge is 0.243 e. The molecule has 0 heterocycles. The van der Waals surface area contributed by atoms with E-state index in [4.69, 9.17) is 17.0 Å². The van der Waals surface area contributed by atoms with Crippen molar-refractivity contribution in [2.24, 2.45) is 0 Å². The summed E-state index contributed by atoms with van der Waals surface area (Å²) >= 11 is 5.15. The normalized spacial score (nSPS) is 11.3. The summed E-state index contributed by atoms with van der Waals surface area (Å²) < 4.78 is 32.0. The highest BCUT2D eigenvalue weighted by molar-refractivity contribution is 7.89. The van der Waals surface area contributed by atoms with E-state index in [-0.39, 0.29) is 15.9 Å². The zero-order valence-electron chi connectivity index (χ0n) is 15.7. The number of rotatable bonds is 9. The number of methoxy groups -OCH3 is 1.